The summed E-state index contributed by atoms with van der Waals surface area (Å²) in [4.78, 5) is 28.4. The van der Waals surface area contributed by atoms with Gasteiger partial charge in [-0.05, 0) is 41.8 Å². The number of alkyl halides is 3. The molecule has 2 N–H and O–H groups in total. The van der Waals surface area contributed by atoms with Crippen molar-refractivity contribution in [3.05, 3.63) is 53.6 Å². The minimum atomic E-state index is -4.83. The number of ether oxygens (including phenoxy) is 1. The Bertz CT molecular complexity index is 1280. The SMILES string of the molecule is CN(C(=O)Cc1ccc2c(c1)NC(=O)CS2(=O)=O)[C@@H](CN1CC[C@@H](O)C1)c1ccc(OC(F)(F)F)cc1. The lowest BCUT2D eigenvalue weighted by molar-refractivity contribution is -0.274. The zero-order valence-electron chi connectivity index (χ0n) is 19.9. The predicted molar refractivity (Wildman–Crippen MR) is 127 cm³/mol. The molecule has 0 saturated carbocycles. The largest absolute Gasteiger partial charge is 0.573 e. The van der Waals surface area contributed by atoms with Gasteiger partial charge in [0.1, 0.15) is 11.5 Å². The fourth-order valence-electron chi connectivity index (χ4n) is 4.53. The Kier molecular flexibility index (Phi) is 7.49. The molecule has 2 amide bonds. The van der Waals surface area contributed by atoms with E-state index >= 15 is 0 Å². The zero-order valence-corrected chi connectivity index (χ0v) is 20.7. The van der Waals surface area contributed by atoms with Crippen molar-refractivity contribution < 1.29 is 41.0 Å². The van der Waals surface area contributed by atoms with Crippen molar-refractivity contribution in [3.8, 4) is 5.75 Å². The fraction of sp³-hybridized carbons (Fsp3) is 0.417. The second kappa shape index (κ2) is 10.3. The molecule has 2 aromatic rings. The highest BCUT2D eigenvalue weighted by Gasteiger charge is 2.32. The number of carbonyl (C=O) groups excluding carboxylic acids is 2. The number of anilines is 1. The van der Waals surface area contributed by atoms with E-state index in [1.165, 1.54) is 47.4 Å². The van der Waals surface area contributed by atoms with Gasteiger partial charge in [0.25, 0.3) is 0 Å². The van der Waals surface area contributed by atoms with Gasteiger partial charge in [-0.2, -0.15) is 0 Å². The minimum absolute atomic E-state index is 0.0108. The molecule has 1 saturated heterocycles. The van der Waals surface area contributed by atoms with Crippen LogP contribution in [0.2, 0.25) is 0 Å². The van der Waals surface area contributed by atoms with Crippen molar-refractivity contribution in [1.82, 2.24) is 9.80 Å². The number of benzene rings is 2. The van der Waals surface area contributed by atoms with Crippen molar-refractivity contribution in [2.75, 3.05) is 37.8 Å². The summed E-state index contributed by atoms with van der Waals surface area (Å²) in [6.07, 6.45) is -4.85. The predicted octanol–water partition coefficient (Wildman–Crippen LogP) is 2.12. The number of halogens is 3. The number of rotatable bonds is 7. The summed E-state index contributed by atoms with van der Waals surface area (Å²) in [5.41, 5.74) is 1.18. The number of carbonyl (C=O) groups is 2. The van der Waals surface area contributed by atoms with Gasteiger partial charge in [0.05, 0.1) is 29.1 Å². The van der Waals surface area contributed by atoms with Crippen molar-refractivity contribution >= 4 is 27.3 Å². The van der Waals surface area contributed by atoms with Gasteiger partial charge in [0.15, 0.2) is 9.84 Å². The Hall–Kier alpha value is -3.16. The number of aliphatic hydroxyl groups excluding tert-OH is 1. The second-order valence-electron chi connectivity index (χ2n) is 9.15. The topological polar surface area (TPSA) is 116 Å². The van der Waals surface area contributed by atoms with Crippen LogP contribution in [-0.4, -0.2) is 80.0 Å². The normalized spacial score (nSPS) is 20.1. The Morgan fingerprint density at radius 1 is 1.24 bits per heavy atom. The van der Waals surface area contributed by atoms with E-state index in [9.17, 15) is 36.3 Å². The van der Waals surface area contributed by atoms with Gasteiger partial charge in [0, 0.05) is 26.7 Å². The number of sulfone groups is 1. The highest BCUT2D eigenvalue weighted by atomic mass is 32.2. The number of likely N-dealkylation sites (tertiary alicyclic amines) is 1. The highest BCUT2D eigenvalue weighted by molar-refractivity contribution is 7.92. The lowest BCUT2D eigenvalue weighted by Gasteiger charge is -2.32. The number of nitrogens with zero attached hydrogens (tertiary/aromatic N) is 2. The first kappa shape index (κ1) is 26.9. The average molecular weight is 542 g/mol. The summed E-state index contributed by atoms with van der Waals surface area (Å²) in [6, 6.07) is 9.05. The first-order valence-corrected chi connectivity index (χ1v) is 13.1. The van der Waals surface area contributed by atoms with Crippen LogP contribution in [0.25, 0.3) is 0 Å². The quantitative estimate of drug-likeness (QED) is 0.552. The van der Waals surface area contributed by atoms with E-state index in [2.05, 4.69) is 10.1 Å². The Labute approximate surface area is 211 Å². The van der Waals surface area contributed by atoms with Crippen LogP contribution < -0.4 is 10.1 Å². The van der Waals surface area contributed by atoms with Gasteiger partial charge in [-0.15, -0.1) is 13.2 Å². The number of aliphatic hydroxyl groups is 1. The second-order valence-corrected chi connectivity index (χ2v) is 11.1. The number of nitrogens with one attached hydrogen (secondary N) is 1. The van der Waals surface area contributed by atoms with Gasteiger partial charge in [-0.1, -0.05) is 18.2 Å². The lowest BCUT2D eigenvalue weighted by atomic mass is 10.0. The number of hydrogen-bond acceptors (Lipinski definition) is 7. The van der Waals surface area contributed by atoms with Crippen molar-refractivity contribution in [2.24, 2.45) is 0 Å². The van der Waals surface area contributed by atoms with Gasteiger partial charge in [-0.25, -0.2) is 8.42 Å². The molecule has 4 rings (SSSR count). The number of fused-ring (bicyclic) bond motifs is 1. The third kappa shape index (κ3) is 6.59. The van der Waals surface area contributed by atoms with Crippen molar-refractivity contribution in [3.63, 3.8) is 0 Å². The van der Waals surface area contributed by atoms with E-state index in [4.69, 9.17) is 0 Å². The Morgan fingerprint density at radius 2 is 1.95 bits per heavy atom. The first-order chi connectivity index (χ1) is 17.3. The van der Waals surface area contributed by atoms with Crippen LogP contribution in [0, 0.1) is 0 Å². The van der Waals surface area contributed by atoms with Crippen LogP contribution in [0.3, 0.4) is 0 Å². The standard InChI is InChI=1S/C24H26F3N3O6S/c1-29(23(33)11-15-2-7-21-19(10-15)28-22(32)14-37(21,34)35)20(13-30-9-8-17(31)12-30)16-3-5-18(6-4-16)36-24(25,26)27/h2-7,10,17,20,31H,8-9,11-14H2,1H3,(H,28,32)/t17-,20+/m1/s1. The molecule has 2 heterocycles. The molecule has 13 heteroatoms. The first-order valence-electron chi connectivity index (χ1n) is 11.5. The molecule has 9 nitrogen and oxygen atoms in total. The summed E-state index contributed by atoms with van der Waals surface area (Å²) < 4.78 is 66.1. The minimum Gasteiger partial charge on any atom is -0.406 e. The van der Waals surface area contributed by atoms with Gasteiger partial charge >= 0.3 is 6.36 Å². The Balaban J connectivity index is 1.54. The highest BCUT2D eigenvalue weighted by Crippen LogP contribution is 2.30. The van der Waals surface area contributed by atoms with Gasteiger partial charge < -0.3 is 20.1 Å². The van der Waals surface area contributed by atoms with E-state index < -0.39 is 40.0 Å². The molecule has 2 atom stereocenters. The molecule has 0 bridgehead atoms. The number of β-amino-alcohol motifs (C(OH)–C–C–N with tert-alkyl or cyclic N) is 1. The van der Waals surface area contributed by atoms with E-state index in [1.807, 2.05) is 4.90 Å². The summed E-state index contributed by atoms with van der Waals surface area (Å²) in [5.74, 6) is -2.00. The molecule has 2 aliphatic rings. The van der Waals surface area contributed by atoms with Crippen LogP contribution in [-0.2, 0) is 25.8 Å². The van der Waals surface area contributed by atoms with E-state index in [0.717, 1.165) is 0 Å². The zero-order chi connectivity index (χ0) is 27.0. The molecule has 0 aliphatic carbocycles. The summed E-state index contributed by atoms with van der Waals surface area (Å²) >= 11 is 0. The molecule has 0 radical (unpaired) electrons. The molecular weight excluding hydrogens is 515 g/mol. The van der Waals surface area contributed by atoms with E-state index in [0.29, 0.717) is 37.2 Å². The smallest absolute Gasteiger partial charge is 0.406 e. The maximum absolute atomic E-state index is 13.3. The third-order valence-electron chi connectivity index (χ3n) is 6.37. The summed E-state index contributed by atoms with van der Waals surface area (Å²) in [6.45, 7) is 1.36. The van der Waals surface area contributed by atoms with E-state index in [1.54, 1.807) is 7.05 Å². The maximum Gasteiger partial charge on any atom is 0.573 e. The van der Waals surface area contributed by atoms with Crippen LogP contribution >= 0.6 is 0 Å². The van der Waals surface area contributed by atoms with Gasteiger partial charge in [0.2, 0.25) is 11.8 Å². The number of amides is 2. The monoisotopic (exact) mass is 541 g/mol. The molecular formula is C24H26F3N3O6S. The van der Waals surface area contributed by atoms with Crippen molar-refractivity contribution in [2.45, 2.75) is 36.2 Å². The van der Waals surface area contributed by atoms with Crippen LogP contribution in [0.1, 0.15) is 23.6 Å². The molecule has 2 aromatic carbocycles. The lowest BCUT2D eigenvalue weighted by Crippen LogP contribution is -2.39. The van der Waals surface area contributed by atoms with E-state index in [-0.39, 0.29) is 28.7 Å². The summed E-state index contributed by atoms with van der Waals surface area (Å²) in [5, 5.41) is 12.4. The molecule has 2 aliphatic heterocycles. The molecule has 200 valence electrons. The molecule has 37 heavy (non-hydrogen) atoms. The summed E-state index contributed by atoms with van der Waals surface area (Å²) in [7, 11) is -2.18. The molecule has 0 unspecified atom stereocenters. The average Bonchev–Trinajstić information content (AvgIpc) is 3.20. The maximum atomic E-state index is 13.3. The molecule has 0 aromatic heterocycles. The third-order valence-corrected chi connectivity index (χ3v) is 8.04. The van der Waals surface area contributed by atoms with Crippen LogP contribution in [0.4, 0.5) is 18.9 Å². The van der Waals surface area contributed by atoms with Crippen LogP contribution in [0.5, 0.6) is 5.75 Å². The number of hydrogen-bond donors (Lipinski definition) is 2. The number of likely N-dealkylation sites (N-methyl/N-ethyl adjacent to an activating group) is 1. The Morgan fingerprint density at radius 3 is 2.57 bits per heavy atom. The van der Waals surface area contributed by atoms with Crippen LogP contribution in [0.15, 0.2) is 47.4 Å². The fourth-order valence-corrected chi connectivity index (χ4v) is 5.82. The van der Waals surface area contributed by atoms with Gasteiger partial charge in [-0.3, -0.25) is 14.5 Å². The molecule has 0 spiro atoms. The molecule has 1 fully saturated rings. The van der Waals surface area contributed by atoms with Crippen molar-refractivity contribution in [1.29, 1.82) is 0 Å².